The Morgan fingerprint density at radius 3 is 1.85 bits per heavy atom. The van der Waals surface area contributed by atoms with Crippen LogP contribution in [0.2, 0.25) is 5.04 Å². The molecule has 1 aliphatic rings. The monoisotopic (exact) mass is 477 g/mol. The standard InChI is InChI=1S/C28H32ClNO2Si/c1-28(2,3)33(24-15-9-5-10-16-24,25-17-11-6-12-18-25)32-23-19-26(27(31)20-29)30(21-23)22-13-7-4-8-14-22/h4-18,23,26H,19-21H2,1-3H3/t23-,26-/m1/s1. The molecule has 5 heteroatoms. The van der Waals surface area contributed by atoms with Gasteiger partial charge in [-0.3, -0.25) is 4.79 Å². The van der Waals surface area contributed by atoms with Gasteiger partial charge in [0.2, 0.25) is 0 Å². The Bertz CT molecular complexity index is 1010. The molecule has 1 saturated heterocycles. The minimum absolute atomic E-state index is 0.0138. The molecule has 3 nitrogen and oxygen atoms in total. The van der Waals surface area contributed by atoms with Crippen LogP contribution in [0.25, 0.3) is 0 Å². The van der Waals surface area contributed by atoms with E-state index in [1.54, 1.807) is 0 Å². The van der Waals surface area contributed by atoms with Gasteiger partial charge in [0.1, 0.15) is 0 Å². The van der Waals surface area contributed by atoms with Crippen molar-refractivity contribution in [1.29, 1.82) is 0 Å². The predicted octanol–water partition coefficient (Wildman–Crippen LogP) is 5.02. The second-order valence-electron chi connectivity index (χ2n) is 9.74. The van der Waals surface area contributed by atoms with Crippen molar-refractivity contribution in [2.45, 2.75) is 44.4 Å². The summed E-state index contributed by atoms with van der Waals surface area (Å²) in [5.74, 6) is 0.0639. The number of nitrogens with zero attached hydrogens (tertiary/aromatic N) is 1. The van der Waals surface area contributed by atoms with Crippen LogP contribution in [0.15, 0.2) is 91.0 Å². The predicted molar refractivity (Wildman–Crippen MR) is 140 cm³/mol. The van der Waals surface area contributed by atoms with Crippen molar-refractivity contribution in [3.05, 3.63) is 91.0 Å². The van der Waals surface area contributed by atoms with Gasteiger partial charge in [0, 0.05) is 18.7 Å². The fourth-order valence-electron chi connectivity index (χ4n) is 5.12. The molecule has 0 aliphatic carbocycles. The molecule has 0 spiro atoms. The number of halogens is 1. The highest BCUT2D eigenvalue weighted by Crippen LogP contribution is 2.39. The van der Waals surface area contributed by atoms with E-state index in [-0.39, 0.29) is 28.8 Å². The number of carbonyl (C=O) groups is 1. The number of benzene rings is 3. The SMILES string of the molecule is CC(C)(C)[Si](O[C@@H]1C[C@H](C(=O)CCl)N(c2ccccc2)C1)(c1ccccc1)c1ccccc1. The Kier molecular flexibility index (Phi) is 7.08. The number of alkyl halides is 1. The van der Waals surface area contributed by atoms with Gasteiger partial charge >= 0.3 is 0 Å². The first-order valence-corrected chi connectivity index (χ1v) is 14.0. The maximum absolute atomic E-state index is 12.8. The van der Waals surface area contributed by atoms with Gasteiger partial charge in [-0.2, -0.15) is 0 Å². The third-order valence-electron chi connectivity index (χ3n) is 6.61. The first-order chi connectivity index (χ1) is 15.9. The lowest BCUT2D eigenvalue weighted by Gasteiger charge is -2.44. The molecular weight excluding hydrogens is 446 g/mol. The van der Waals surface area contributed by atoms with E-state index in [9.17, 15) is 4.79 Å². The Labute approximate surface area is 203 Å². The second-order valence-corrected chi connectivity index (χ2v) is 14.3. The van der Waals surface area contributed by atoms with E-state index in [1.165, 1.54) is 10.4 Å². The van der Waals surface area contributed by atoms with E-state index in [4.69, 9.17) is 16.0 Å². The van der Waals surface area contributed by atoms with Crippen molar-refractivity contribution in [2.75, 3.05) is 17.3 Å². The fraction of sp³-hybridized carbons (Fsp3) is 0.321. The summed E-state index contributed by atoms with van der Waals surface area (Å²) in [5.41, 5.74) is 1.04. The summed E-state index contributed by atoms with van der Waals surface area (Å²) in [5, 5.41) is 2.39. The molecule has 0 aromatic heterocycles. The van der Waals surface area contributed by atoms with Crippen molar-refractivity contribution >= 4 is 41.8 Å². The normalized spacial score (nSPS) is 19.0. The zero-order valence-electron chi connectivity index (χ0n) is 19.6. The van der Waals surface area contributed by atoms with Crippen molar-refractivity contribution < 1.29 is 9.22 Å². The molecule has 0 bridgehead atoms. The quantitative estimate of drug-likeness (QED) is 0.353. The highest BCUT2D eigenvalue weighted by Gasteiger charge is 2.53. The lowest BCUT2D eigenvalue weighted by Crippen LogP contribution is -2.67. The molecule has 1 heterocycles. The molecule has 0 radical (unpaired) electrons. The molecule has 0 unspecified atom stereocenters. The van der Waals surface area contributed by atoms with E-state index in [0.717, 1.165) is 5.69 Å². The highest BCUT2D eigenvalue weighted by atomic mass is 35.5. The minimum Gasteiger partial charge on any atom is -0.403 e. The van der Waals surface area contributed by atoms with Gasteiger partial charge in [0.15, 0.2) is 5.78 Å². The van der Waals surface area contributed by atoms with E-state index in [0.29, 0.717) is 13.0 Å². The Morgan fingerprint density at radius 2 is 1.39 bits per heavy atom. The third-order valence-corrected chi connectivity index (χ3v) is 12.0. The van der Waals surface area contributed by atoms with E-state index >= 15 is 0 Å². The smallest absolute Gasteiger partial charge is 0.261 e. The molecule has 0 saturated carbocycles. The minimum atomic E-state index is -2.69. The maximum atomic E-state index is 12.8. The van der Waals surface area contributed by atoms with Crippen molar-refractivity contribution in [3.63, 3.8) is 0 Å². The molecule has 2 atom stereocenters. The average Bonchev–Trinajstić information content (AvgIpc) is 3.27. The summed E-state index contributed by atoms with van der Waals surface area (Å²) < 4.78 is 7.31. The summed E-state index contributed by atoms with van der Waals surface area (Å²) in [4.78, 5) is 15.0. The van der Waals surface area contributed by atoms with Gasteiger partial charge in [0.05, 0.1) is 18.0 Å². The number of hydrogen-bond donors (Lipinski definition) is 0. The summed E-state index contributed by atoms with van der Waals surface area (Å²) in [6.45, 7) is 7.52. The number of hydrogen-bond acceptors (Lipinski definition) is 3. The first-order valence-electron chi connectivity index (χ1n) is 11.6. The van der Waals surface area contributed by atoms with Crippen LogP contribution >= 0.6 is 11.6 Å². The highest BCUT2D eigenvalue weighted by molar-refractivity contribution is 6.99. The molecule has 0 amide bonds. The van der Waals surface area contributed by atoms with Crippen LogP contribution in [0.1, 0.15) is 27.2 Å². The maximum Gasteiger partial charge on any atom is 0.261 e. The molecule has 3 aromatic carbocycles. The zero-order chi connectivity index (χ0) is 23.5. The van der Waals surface area contributed by atoms with Crippen LogP contribution < -0.4 is 15.3 Å². The number of carbonyl (C=O) groups excluding carboxylic acids is 1. The van der Waals surface area contributed by atoms with E-state index in [1.807, 2.05) is 18.2 Å². The van der Waals surface area contributed by atoms with E-state index in [2.05, 4.69) is 98.5 Å². The van der Waals surface area contributed by atoms with Gasteiger partial charge < -0.3 is 9.33 Å². The van der Waals surface area contributed by atoms with Crippen molar-refractivity contribution in [2.24, 2.45) is 0 Å². The van der Waals surface area contributed by atoms with Crippen LogP contribution in [-0.2, 0) is 9.22 Å². The molecule has 1 aliphatic heterocycles. The van der Waals surface area contributed by atoms with Crippen LogP contribution in [0.5, 0.6) is 0 Å². The summed E-state index contributed by atoms with van der Waals surface area (Å²) in [6, 6.07) is 31.2. The largest absolute Gasteiger partial charge is 0.403 e. The number of Topliss-reactive ketones (excluding diaryl/α,β-unsaturated/α-hetero) is 1. The number of ketones is 1. The Hall–Kier alpha value is -2.40. The zero-order valence-corrected chi connectivity index (χ0v) is 21.3. The molecule has 3 aromatic rings. The molecular formula is C28H32ClNO2Si. The Balaban J connectivity index is 1.78. The lowest BCUT2D eigenvalue weighted by molar-refractivity contribution is -0.117. The lowest BCUT2D eigenvalue weighted by atomic mass is 10.1. The van der Waals surface area contributed by atoms with Crippen LogP contribution in [0.3, 0.4) is 0 Å². The average molecular weight is 478 g/mol. The first kappa shape index (κ1) is 23.7. The summed E-state index contributed by atoms with van der Waals surface area (Å²) in [7, 11) is -2.69. The van der Waals surface area contributed by atoms with Gasteiger partial charge in [0.25, 0.3) is 8.32 Å². The molecule has 33 heavy (non-hydrogen) atoms. The third kappa shape index (κ3) is 4.65. The molecule has 4 rings (SSSR count). The fourth-order valence-corrected chi connectivity index (χ4v) is 9.99. The molecule has 0 N–H and O–H groups in total. The van der Waals surface area contributed by atoms with Gasteiger partial charge in [-0.05, 0) is 27.5 Å². The topological polar surface area (TPSA) is 29.5 Å². The van der Waals surface area contributed by atoms with Crippen LogP contribution in [0.4, 0.5) is 5.69 Å². The number of para-hydroxylation sites is 1. The Morgan fingerprint density at radius 1 is 0.909 bits per heavy atom. The summed E-state index contributed by atoms with van der Waals surface area (Å²) in [6.07, 6.45) is 0.568. The van der Waals surface area contributed by atoms with Crippen molar-refractivity contribution in [1.82, 2.24) is 0 Å². The number of rotatable bonds is 7. The van der Waals surface area contributed by atoms with Crippen LogP contribution in [0, 0.1) is 0 Å². The molecule has 172 valence electrons. The van der Waals surface area contributed by atoms with Crippen LogP contribution in [-0.4, -0.2) is 38.7 Å². The van der Waals surface area contributed by atoms with Gasteiger partial charge in [-0.25, -0.2) is 0 Å². The van der Waals surface area contributed by atoms with E-state index < -0.39 is 8.32 Å². The van der Waals surface area contributed by atoms with Gasteiger partial charge in [-0.1, -0.05) is 99.6 Å². The summed E-state index contributed by atoms with van der Waals surface area (Å²) >= 11 is 6.02. The molecule has 1 fully saturated rings. The van der Waals surface area contributed by atoms with Crippen molar-refractivity contribution in [3.8, 4) is 0 Å². The second kappa shape index (κ2) is 9.84. The van der Waals surface area contributed by atoms with Gasteiger partial charge in [-0.15, -0.1) is 11.6 Å². The number of anilines is 1.